The van der Waals surface area contributed by atoms with Gasteiger partial charge in [-0.2, -0.15) is 0 Å². The van der Waals surface area contributed by atoms with Crippen molar-refractivity contribution in [3.05, 3.63) is 47.9 Å². The number of nitrogen functional groups attached to an aromatic ring is 1. The number of hydrogen-bond donors (Lipinski definition) is 2. The van der Waals surface area contributed by atoms with Gasteiger partial charge in [-0.15, -0.1) is 0 Å². The van der Waals surface area contributed by atoms with E-state index in [0.29, 0.717) is 6.54 Å². The molecule has 7 nitrogen and oxygen atoms in total. The van der Waals surface area contributed by atoms with Crippen LogP contribution in [0.25, 0.3) is 0 Å². The van der Waals surface area contributed by atoms with Crippen LogP contribution < -0.4 is 15.8 Å². The van der Waals surface area contributed by atoms with Gasteiger partial charge in [0.05, 0.1) is 13.2 Å². The van der Waals surface area contributed by atoms with Gasteiger partial charge in [0.25, 0.3) is 5.91 Å². The number of methoxy groups -OCH3 is 1. The molecule has 132 valence electrons. The first-order valence-corrected chi connectivity index (χ1v) is 8.41. The molecule has 1 aliphatic heterocycles. The molecule has 3 N–H and O–H groups in total. The van der Waals surface area contributed by atoms with Gasteiger partial charge in [0.2, 0.25) is 0 Å². The third-order valence-corrected chi connectivity index (χ3v) is 4.48. The first kappa shape index (κ1) is 17.2. The molecule has 3 rings (SSSR count). The van der Waals surface area contributed by atoms with E-state index >= 15 is 0 Å². The van der Waals surface area contributed by atoms with Gasteiger partial charge in [-0.1, -0.05) is 12.1 Å². The highest BCUT2D eigenvalue weighted by molar-refractivity contribution is 5.96. The Morgan fingerprint density at radius 2 is 1.92 bits per heavy atom. The van der Waals surface area contributed by atoms with Crippen molar-refractivity contribution in [3.63, 3.8) is 0 Å². The highest BCUT2D eigenvalue weighted by Crippen LogP contribution is 2.26. The fraction of sp³-hybridized carbons (Fsp3) is 0.389. The monoisotopic (exact) mass is 341 g/mol. The maximum Gasteiger partial charge on any atom is 0.273 e. The molecule has 0 aliphatic carbocycles. The summed E-state index contributed by atoms with van der Waals surface area (Å²) in [5, 5.41) is 2.95. The van der Waals surface area contributed by atoms with Crippen LogP contribution in [0, 0.1) is 0 Å². The Kier molecular flexibility index (Phi) is 5.45. The molecule has 1 aliphatic rings. The lowest BCUT2D eigenvalue weighted by atomic mass is 10.1. The molecule has 0 bridgehead atoms. The maximum absolute atomic E-state index is 12.4. The maximum atomic E-state index is 12.4. The van der Waals surface area contributed by atoms with E-state index in [9.17, 15) is 4.79 Å². The molecule has 1 atom stereocenters. The van der Waals surface area contributed by atoms with Crippen LogP contribution in [0.4, 0.5) is 5.82 Å². The summed E-state index contributed by atoms with van der Waals surface area (Å²) in [6, 6.07) is 8.09. The van der Waals surface area contributed by atoms with Crippen molar-refractivity contribution in [2.45, 2.75) is 18.9 Å². The summed E-state index contributed by atoms with van der Waals surface area (Å²) >= 11 is 0. The number of likely N-dealkylation sites (tertiary alicyclic amines) is 1. The molecule has 25 heavy (non-hydrogen) atoms. The SMILES string of the molecule is COc1ccc(C(CNC(=O)c2nccnc2N)N2CCCC2)cc1. The van der Waals surface area contributed by atoms with Crippen molar-refractivity contribution < 1.29 is 9.53 Å². The van der Waals surface area contributed by atoms with Crippen molar-refractivity contribution in [2.24, 2.45) is 0 Å². The zero-order valence-electron chi connectivity index (χ0n) is 14.3. The number of carbonyl (C=O) groups is 1. The predicted molar refractivity (Wildman–Crippen MR) is 95.3 cm³/mol. The number of nitrogens with one attached hydrogen (secondary N) is 1. The smallest absolute Gasteiger partial charge is 0.273 e. The second-order valence-electron chi connectivity index (χ2n) is 6.03. The van der Waals surface area contributed by atoms with Gasteiger partial charge in [0.15, 0.2) is 11.5 Å². The average molecular weight is 341 g/mol. The minimum Gasteiger partial charge on any atom is -0.497 e. The number of amides is 1. The first-order chi connectivity index (χ1) is 12.2. The van der Waals surface area contributed by atoms with Crippen LogP contribution in [0.3, 0.4) is 0 Å². The second-order valence-corrected chi connectivity index (χ2v) is 6.03. The van der Waals surface area contributed by atoms with Crippen LogP contribution in [0.1, 0.15) is 34.9 Å². The molecule has 0 radical (unpaired) electrons. The zero-order valence-corrected chi connectivity index (χ0v) is 14.3. The Labute approximate surface area is 147 Å². The van der Waals surface area contributed by atoms with Crippen molar-refractivity contribution in [3.8, 4) is 5.75 Å². The summed E-state index contributed by atoms with van der Waals surface area (Å²) in [6.07, 6.45) is 5.29. The van der Waals surface area contributed by atoms with Crippen LogP contribution in [-0.4, -0.2) is 47.5 Å². The lowest BCUT2D eigenvalue weighted by Gasteiger charge is -2.28. The number of rotatable bonds is 6. The summed E-state index contributed by atoms with van der Waals surface area (Å²) in [7, 11) is 1.65. The molecule has 1 aromatic carbocycles. The predicted octanol–water partition coefficient (Wildman–Crippen LogP) is 1.63. The topological polar surface area (TPSA) is 93.4 Å². The lowest BCUT2D eigenvalue weighted by Crippen LogP contribution is -2.37. The molecular weight excluding hydrogens is 318 g/mol. The number of nitrogens with two attached hydrogens (primary N) is 1. The fourth-order valence-electron chi connectivity index (χ4n) is 3.13. The van der Waals surface area contributed by atoms with Crippen LogP contribution >= 0.6 is 0 Å². The fourth-order valence-corrected chi connectivity index (χ4v) is 3.13. The minimum atomic E-state index is -0.302. The summed E-state index contributed by atoms with van der Waals surface area (Å²) < 4.78 is 5.23. The van der Waals surface area contributed by atoms with E-state index in [1.165, 1.54) is 25.2 Å². The standard InChI is InChI=1S/C18H23N5O2/c1-25-14-6-4-13(5-7-14)15(23-10-2-3-11-23)12-22-18(24)16-17(19)21-9-8-20-16/h4-9,15H,2-3,10-12H2,1H3,(H2,19,21)(H,22,24). The molecule has 7 heteroatoms. The number of ether oxygens (including phenoxy) is 1. The number of nitrogens with zero attached hydrogens (tertiary/aromatic N) is 3. The average Bonchev–Trinajstić information content (AvgIpc) is 3.17. The molecule has 1 aromatic heterocycles. The van der Waals surface area contributed by atoms with Gasteiger partial charge in [-0.25, -0.2) is 9.97 Å². The van der Waals surface area contributed by atoms with E-state index in [-0.39, 0.29) is 23.5 Å². The van der Waals surface area contributed by atoms with E-state index in [0.717, 1.165) is 24.4 Å². The van der Waals surface area contributed by atoms with Crippen molar-refractivity contribution in [1.29, 1.82) is 0 Å². The molecule has 1 unspecified atom stereocenters. The van der Waals surface area contributed by atoms with Gasteiger partial charge in [0.1, 0.15) is 5.75 Å². The van der Waals surface area contributed by atoms with Crippen LogP contribution in [0.2, 0.25) is 0 Å². The van der Waals surface area contributed by atoms with Gasteiger partial charge < -0.3 is 15.8 Å². The van der Waals surface area contributed by atoms with Crippen molar-refractivity contribution in [1.82, 2.24) is 20.2 Å². The molecule has 2 aromatic rings. The van der Waals surface area contributed by atoms with Gasteiger partial charge in [0, 0.05) is 18.9 Å². The highest BCUT2D eigenvalue weighted by atomic mass is 16.5. The van der Waals surface area contributed by atoms with E-state index < -0.39 is 0 Å². The molecular formula is C18H23N5O2. The lowest BCUT2D eigenvalue weighted by molar-refractivity contribution is 0.0933. The Bertz CT molecular complexity index is 714. The van der Waals surface area contributed by atoms with Crippen LogP contribution in [0.15, 0.2) is 36.7 Å². The van der Waals surface area contributed by atoms with E-state index in [1.54, 1.807) is 7.11 Å². The quantitative estimate of drug-likeness (QED) is 0.829. The molecule has 0 spiro atoms. The van der Waals surface area contributed by atoms with Crippen molar-refractivity contribution in [2.75, 3.05) is 32.5 Å². The summed E-state index contributed by atoms with van der Waals surface area (Å²) in [6.45, 7) is 2.54. The Morgan fingerprint density at radius 3 is 2.56 bits per heavy atom. The Balaban J connectivity index is 1.73. The molecule has 0 saturated carbocycles. The first-order valence-electron chi connectivity index (χ1n) is 8.41. The summed E-state index contributed by atoms with van der Waals surface area (Å²) in [5.41, 5.74) is 7.05. The van der Waals surface area contributed by atoms with E-state index in [1.807, 2.05) is 24.3 Å². The van der Waals surface area contributed by atoms with Crippen LogP contribution in [-0.2, 0) is 0 Å². The summed E-state index contributed by atoms with van der Waals surface area (Å²) in [5.74, 6) is 0.658. The van der Waals surface area contributed by atoms with Gasteiger partial charge in [-0.3, -0.25) is 9.69 Å². The number of carbonyl (C=O) groups excluding carboxylic acids is 1. The third-order valence-electron chi connectivity index (χ3n) is 4.48. The zero-order chi connectivity index (χ0) is 17.6. The highest BCUT2D eigenvalue weighted by Gasteiger charge is 2.24. The minimum absolute atomic E-state index is 0.107. The third kappa shape index (κ3) is 4.06. The van der Waals surface area contributed by atoms with Gasteiger partial charge in [-0.05, 0) is 43.6 Å². The molecule has 1 fully saturated rings. The Morgan fingerprint density at radius 1 is 1.24 bits per heavy atom. The van der Waals surface area contributed by atoms with E-state index in [2.05, 4.69) is 20.2 Å². The Hall–Kier alpha value is -2.67. The molecule has 2 heterocycles. The number of anilines is 1. The van der Waals surface area contributed by atoms with E-state index in [4.69, 9.17) is 10.5 Å². The largest absolute Gasteiger partial charge is 0.497 e. The van der Waals surface area contributed by atoms with Crippen molar-refractivity contribution >= 4 is 11.7 Å². The van der Waals surface area contributed by atoms with Crippen LogP contribution in [0.5, 0.6) is 5.75 Å². The number of aromatic nitrogens is 2. The molecule has 1 amide bonds. The second kappa shape index (κ2) is 7.94. The molecule has 1 saturated heterocycles. The summed E-state index contributed by atoms with van der Waals surface area (Å²) in [4.78, 5) is 22.7. The number of benzene rings is 1. The number of hydrogen-bond acceptors (Lipinski definition) is 6. The normalized spacial score (nSPS) is 15.7. The van der Waals surface area contributed by atoms with Gasteiger partial charge >= 0.3 is 0 Å².